The molecule has 1 aromatic carbocycles. The SMILES string of the molecule is C[C@@H]1CNCCN1C(=O)c1ccc(Oc2ccccc2)nc1.Cl.Cl. The Bertz CT molecular complexity index is 638. The summed E-state index contributed by atoms with van der Waals surface area (Å²) in [4.78, 5) is 18.6. The first-order valence-electron chi connectivity index (χ1n) is 7.44. The van der Waals surface area contributed by atoms with Gasteiger partial charge in [0.1, 0.15) is 5.75 Å². The van der Waals surface area contributed by atoms with E-state index in [1.165, 1.54) is 0 Å². The topological polar surface area (TPSA) is 54.5 Å². The van der Waals surface area contributed by atoms with Gasteiger partial charge in [-0.2, -0.15) is 0 Å². The highest BCUT2D eigenvalue weighted by Gasteiger charge is 2.24. The second-order valence-corrected chi connectivity index (χ2v) is 5.35. The fraction of sp³-hybridized carbons (Fsp3) is 0.294. The monoisotopic (exact) mass is 369 g/mol. The zero-order chi connectivity index (χ0) is 15.4. The lowest BCUT2D eigenvalue weighted by Gasteiger charge is -2.33. The minimum Gasteiger partial charge on any atom is -0.439 e. The fourth-order valence-corrected chi connectivity index (χ4v) is 2.49. The van der Waals surface area contributed by atoms with Crippen molar-refractivity contribution in [1.29, 1.82) is 0 Å². The molecule has 1 N–H and O–H groups in total. The number of piperazine rings is 1. The zero-order valence-corrected chi connectivity index (χ0v) is 15.0. The van der Waals surface area contributed by atoms with E-state index in [1.807, 2.05) is 42.2 Å². The molecule has 3 rings (SSSR count). The van der Waals surface area contributed by atoms with Crippen LogP contribution in [0.4, 0.5) is 0 Å². The first-order chi connectivity index (χ1) is 10.7. The summed E-state index contributed by atoms with van der Waals surface area (Å²) in [5, 5.41) is 3.28. The van der Waals surface area contributed by atoms with Gasteiger partial charge < -0.3 is 15.0 Å². The molecule has 2 heterocycles. The molecule has 24 heavy (non-hydrogen) atoms. The summed E-state index contributed by atoms with van der Waals surface area (Å²) >= 11 is 0. The second-order valence-electron chi connectivity index (χ2n) is 5.35. The molecule has 2 aromatic rings. The Labute approximate surface area is 154 Å². The second kappa shape index (κ2) is 9.47. The third kappa shape index (κ3) is 4.84. The summed E-state index contributed by atoms with van der Waals surface area (Å²) in [6.07, 6.45) is 1.58. The Hall–Kier alpha value is -1.82. The van der Waals surface area contributed by atoms with Crippen LogP contribution in [-0.4, -0.2) is 41.5 Å². The Morgan fingerprint density at radius 1 is 1.21 bits per heavy atom. The number of rotatable bonds is 3. The number of hydrogen-bond acceptors (Lipinski definition) is 4. The number of nitrogens with one attached hydrogen (secondary N) is 1. The lowest BCUT2D eigenvalue weighted by Crippen LogP contribution is -2.52. The van der Waals surface area contributed by atoms with E-state index in [4.69, 9.17) is 4.74 Å². The maximum absolute atomic E-state index is 12.5. The molecule has 1 aliphatic rings. The molecular formula is C17H21Cl2N3O2. The average molecular weight is 370 g/mol. The number of benzene rings is 1. The zero-order valence-electron chi connectivity index (χ0n) is 13.3. The smallest absolute Gasteiger partial charge is 0.255 e. The van der Waals surface area contributed by atoms with Gasteiger partial charge in [-0.25, -0.2) is 4.98 Å². The minimum absolute atomic E-state index is 0. The van der Waals surface area contributed by atoms with E-state index in [2.05, 4.69) is 10.3 Å². The van der Waals surface area contributed by atoms with Crippen molar-refractivity contribution in [2.24, 2.45) is 0 Å². The summed E-state index contributed by atoms with van der Waals surface area (Å²) in [6, 6.07) is 13.2. The Morgan fingerprint density at radius 3 is 2.58 bits per heavy atom. The quantitative estimate of drug-likeness (QED) is 0.902. The predicted molar refractivity (Wildman–Crippen MR) is 98.6 cm³/mol. The standard InChI is InChI=1S/C17H19N3O2.2ClH/c1-13-11-18-9-10-20(13)17(21)14-7-8-16(19-12-14)22-15-5-3-2-4-6-15;;/h2-8,12-13,18H,9-11H2,1H3;2*1H/t13-;;/m1../s1. The first-order valence-corrected chi connectivity index (χ1v) is 7.44. The summed E-state index contributed by atoms with van der Waals surface area (Å²) in [5.74, 6) is 1.23. The molecule has 7 heteroatoms. The molecular weight excluding hydrogens is 349 g/mol. The molecule has 0 aliphatic carbocycles. The van der Waals surface area contributed by atoms with Gasteiger partial charge in [-0.1, -0.05) is 18.2 Å². The average Bonchev–Trinajstić information content (AvgIpc) is 2.56. The van der Waals surface area contributed by atoms with E-state index in [0.717, 1.165) is 25.4 Å². The fourth-order valence-electron chi connectivity index (χ4n) is 2.49. The van der Waals surface area contributed by atoms with Gasteiger partial charge in [0.05, 0.1) is 5.56 Å². The Morgan fingerprint density at radius 2 is 1.96 bits per heavy atom. The number of para-hydroxylation sites is 1. The summed E-state index contributed by atoms with van der Waals surface area (Å²) in [6.45, 7) is 4.43. The highest BCUT2D eigenvalue weighted by atomic mass is 35.5. The van der Waals surface area contributed by atoms with Gasteiger partial charge in [-0.05, 0) is 25.1 Å². The van der Waals surface area contributed by atoms with Crippen LogP contribution in [-0.2, 0) is 0 Å². The highest BCUT2D eigenvalue weighted by Crippen LogP contribution is 2.19. The summed E-state index contributed by atoms with van der Waals surface area (Å²) in [7, 11) is 0. The van der Waals surface area contributed by atoms with Gasteiger partial charge in [0.2, 0.25) is 5.88 Å². The lowest BCUT2D eigenvalue weighted by molar-refractivity contribution is 0.0655. The van der Waals surface area contributed by atoms with E-state index in [9.17, 15) is 4.79 Å². The number of halogens is 2. The molecule has 0 radical (unpaired) electrons. The van der Waals surface area contributed by atoms with Crippen LogP contribution in [0.2, 0.25) is 0 Å². The molecule has 130 valence electrons. The van der Waals surface area contributed by atoms with Crippen LogP contribution < -0.4 is 10.1 Å². The van der Waals surface area contributed by atoms with Crippen LogP contribution in [0.5, 0.6) is 11.6 Å². The van der Waals surface area contributed by atoms with Crippen molar-refractivity contribution < 1.29 is 9.53 Å². The van der Waals surface area contributed by atoms with Crippen molar-refractivity contribution in [3.05, 3.63) is 54.2 Å². The van der Waals surface area contributed by atoms with E-state index >= 15 is 0 Å². The molecule has 1 aromatic heterocycles. The molecule has 1 atom stereocenters. The van der Waals surface area contributed by atoms with Crippen molar-refractivity contribution in [1.82, 2.24) is 15.2 Å². The lowest BCUT2D eigenvalue weighted by atomic mass is 10.1. The third-order valence-electron chi connectivity index (χ3n) is 3.71. The number of nitrogens with zero attached hydrogens (tertiary/aromatic N) is 2. The van der Waals surface area contributed by atoms with Crippen LogP contribution >= 0.6 is 24.8 Å². The molecule has 5 nitrogen and oxygen atoms in total. The Balaban J connectivity index is 0.00000144. The molecule has 0 saturated carbocycles. The number of ether oxygens (including phenoxy) is 1. The summed E-state index contributed by atoms with van der Waals surface area (Å²) in [5.41, 5.74) is 0.592. The third-order valence-corrected chi connectivity index (χ3v) is 3.71. The first kappa shape index (κ1) is 20.2. The van der Waals surface area contributed by atoms with Gasteiger partial charge >= 0.3 is 0 Å². The van der Waals surface area contributed by atoms with Crippen LogP contribution in [0.25, 0.3) is 0 Å². The van der Waals surface area contributed by atoms with Crippen LogP contribution in [0.1, 0.15) is 17.3 Å². The van der Waals surface area contributed by atoms with E-state index < -0.39 is 0 Å². The van der Waals surface area contributed by atoms with E-state index in [-0.39, 0.29) is 36.8 Å². The number of pyridine rings is 1. The number of hydrogen-bond donors (Lipinski definition) is 1. The van der Waals surface area contributed by atoms with Gasteiger partial charge in [0.25, 0.3) is 5.91 Å². The largest absolute Gasteiger partial charge is 0.439 e. The molecule has 1 saturated heterocycles. The highest BCUT2D eigenvalue weighted by molar-refractivity contribution is 5.94. The van der Waals surface area contributed by atoms with Gasteiger partial charge in [0.15, 0.2) is 0 Å². The number of carbonyl (C=O) groups is 1. The Kier molecular flexibility index (Phi) is 7.98. The van der Waals surface area contributed by atoms with E-state index in [1.54, 1.807) is 18.3 Å². The van der Waals surface area contributed by atoms with Gasteiger partial charge in [-0.3, -0.25) is 4.79 Å². The molecule has 0 bridgehead atoms. The van der Waals surface area contributed by atoms with Crippen molar-refractivity contribution >= 4 is 30.7 Å². The maximum atomic E-state index is 12.5. The number of amides is 1. The number of carbonyl (C=O) groups excluding carboxylic acids is 1. The molecule has 1 amide bonds. The van der Waals surface area contributed by atoms with Crippen molar-refractivity contribution in [3.63, 3.8) is 0 Å². The van der Waals surface area contributed by atoms with Gasteiger partial charge in [-0.15, -0.1) is 24.8 Å². The maximum Gasteiger partial charge on any atom is 0.255 e. The van der Waals surface area contributed by atoms with Crippen LogP contribution in [0.15, 0.2) is 48.7 Å². The van der Waals surface area contributed by atoms with Crippen molar-refractivity contribution in [2.45, 2.75) is 13.0 Å². The molecule has 1 aliphatic heterocycles. The molecule has 1 fully saturated rings. The minimum atomic E-state index is 0. The van der Waals surface area contributed by atoms with Crippen LogP contribution in [0, 0.1) is 0 Å². The van der Waals surface area contributed by atoms with Crippen molar-refractivity contribution in [2.75, 3.05) is 19.6 Å². The summed E-state index contributed by atoms with van der Waals surface area (Å²) < 4.78 is 5.63. The van der Waals surface area contributed by atoms with Crippen molar-refractivity contribution in [3.8, 4) is 11.6 Å². The van der Waals surface area contributed by atoms with Crippen LogP contribution in [0.3, 0.4) is 0 Å². The molecule has 0 unspecified atom stereocenters. The normalized spacial score (nSPS) is 16.5. The van der Waals surface area contributed by atoms with E-state index in [0.29, 0.717) is 11.4 Å². The number of aromatic nitrogens is 1. The predicted octanol–water partition coefficient (Wildman–Crippen LogP) is 3.15. The molecule has 0 spiro atoms. The van der Waals surface area contributed by atoms with Gasteiger partial charge in [0, 0.05) is 37.9 Å².